The Morgan fingerprint density at radius 3 is 2.48 bits per heavy atom. The number of benzene rings is 1. The number of hydrogen-bond donors (Lipinski definition) is 1. The third-order valence-electron chi connectivity index (χ3n) is 5.13. The molecule has 1 aromatic heterocycles. The highest BCUT2D eigenvalue weighted by Crippen LogP contribution is 2.42. The van der Waals surface area contributed by atoms with Gasteiger partial charge in [0.2, 0.25) is 11.8 Å². The highest BCUT2D eigenvalue weighted by molar-refractivity contribution is 6.30. The van der Waals surface area contributed by atoms with Gasteiger partial charge in [-0.25, -0.2) is 4.98 Å². The van der Waals surface area contributed by atoms with Crippen LogP contribution in [0.4, 0.5) is 5.69 Å². The van der Waals surface area contributed by atoms with Crippen molar-refractivity contribution < 1.29 is 14.3 Å². The molecule has 1 aliphatic carbocycles. The first-order valence-corrected chi connectivity index (χ1v) is 9.60. The van der Waals surface area contributed by atoms with E-state index in [4.69, 9.17) is 21.1 Å². The number of ether oxygens (including phenoxy) is 2. The second-order valence-corrected chi connectivity index (χ2v) is 7.31. The standard InChI is InChI=1S/C21H25ClN2O3/c1-15-18(9-10-19(23-15)27-14-13-26-2)24-20(25)21(11-3-4-12-21)16-5-7-17(22)8-6-16/h5-10H,3-4,11-14H2,1-2H3,(H,24,25). The summed E-state index contributed by atoms with van der Waals surface area (Å²) in [5.74, 6) is 0.538. The second kappa shape index (κ2) is 8.72. The Morgan fingerprint density at radius 2 is 1.85 bits per heavy atom. The van der Waals surface area contributed by atoms with Crippen molar-refractivity contribution >= 4 is 23.2 Å². The molecule has 0 spiro atoms. The molecule has 1 fully saturated rings. The van der Waals surface area contributed by atoms with Gasteiger partial charge in [0.25, 0.3) is 0 Å². The van der Waals surface area contributed by atoms with Gasteiger partial charge in [0, 0.05) is 18.2 Å². The molecule has 5 nitrogen and oxygen atoms in total. The molecule has 3 rings (SSSR count). The maximum Gasteiger partial charge on any atom is 0.235 e. The van der Waals surface area contributed by atoms with E-state index in [1.54, 1.807) is 13.2 Å². The Morgan fingerprint density at radius 1 is 1.15 bits per heavy atom. The van der Waals surface area contributed by atoms with E-state index in [0.29, 0.717) is 29.8 Å². The summed E-state index contributed by atoms with van der Waals surface area (Å²) in [5, 5.41) is 3.76. The molecule has 1 amide bonds. The van der Waals surface area contributed by atoms with E-state index in [1.807, 2.05) is 37.3 Å². The molecular formula is C21H25ClN2O3. The molecule has 1 N–H and O–H groups in total. The number of aromatic nitrogens is 1. The van der Waals surface area contributed by atoms with Crippen LogP contribution in [0.15, 0.2) is 36.4 Å². The van der Waals surface area contributed by atoms with Crippen molar-refractivity contribution in [1.82, 2.24) is 4.98 Å². The normalized spacial score (nSPS) is 15.5. The Balaban J connectivity index is 1.77. The lowest BCUT2D eigenvalue weighted by atomic mass is 9.78. The number of rotatable bonds is 7. The van der Waals surface area contributed by atoms with Crippen LogP contribution < -0.4 is 10.1 Å². The molecule has 1 saturated carbocycles. The fourth-order valence-corrected chi connectivity index (χ4v) is 3.74. The van der Waals surface area contributed by atoms with Gasteiger partial charge in [0.05, 0.1) is 23.4 Å². The van der Waals surface area contributed by atoms with Gasteiger partial charge in [-0.2, -0.15) is 0 Å². The van der Waals surface area contributed by atoms with Crippen molar-refractivity contribution in [2.24, 2.45) is 0 Å². The van der Waals surface area contributed by atoms with E-state index in [2.05, 4.69) is 10.3 Å². The van der Waals surface area contributed by atoms with Crippen LogP contribution in [0.2, 0.25) is 5.02 Å². The molecule has 0 saturated heterocycles. The van der Waals surface area contributed by atoms with E-state index in [-0.39, 0.29) is 5.91 Å². The second-order valence-electron chi connectivity index (χ2n) is 6.87. The predicted octanol–water partition coefficient (Wildman–Crippen LogP) is 4.52. The van der Waals surface area contributed by atoms with Gasteiger partial charge in [0.1, 0.15) is 6.61 Å². The van der Waals surface area contributed by atoms with Gasteiger partial charge in [-0.05, 0) is 43.5 Å². The number of carbonyl (C=O) groups excluding carboxylic acids is 1. The number of halogens is 1. The predicted molar refractivity (Wildman–Crippen MR) is 107 cm³/mol. The zero-order valence-electron chi connectivity index (χ0n) is 15.8. The molecule has 1 aliphatic rings. The number of methoxy groups -OCH3 is 1. The highest BCUT2D eigenvalue weighted by atomic mass is 35.5. The zero-order valence-corrected chi connectivity index (χ0v) is 16.5. The fraction of sp³-hybridized carbons (Fsp3) is 0.429. The summed E-state index contributed by atoms with van der Waals surface area (Å²) in [6.45, 7) is 2.81. The van der Waals surface area contributed by atoms with Crippen LogP contribution in [-0.4, -0.2) is 31.2 Å². The Kier molecular flexibility index (Phi) is 6.34. The average Bonchev–Trinajstić information content (AvgIpc) is 3.16. The highest BCUT2D eigenvalue weighted by Gasteiger charge is 2.42. The molecule has 0 radical (unpaired) electrons. The zero-order chi connectivity index (χ0) is 19.3. The van der Waals surface area contributed by atoms with Crippen molar-refractivity contribution in [3.63, 3.8) is 0 Å². The first-order chi connectivity index (χ1) is 13.0. The molecule has 2 aromatic rings. The Hall–Kier alpha value is -2.11. The minimum Gasteiger partial charge on any atom is -0.475 e. The molecule has 144 valence electrons. The van der Waals surface area contributed by atoms with Gasteiger partial charge in [-0.3, -0.25) is 4.79 Å². The largest absolute Gasteiger partial charge is 0.475 e. The number of hydrogen-bond acceptors (Lipinski definition) is 4. The maximum atomic E-state index is 13.3. The van der Waals surface area contributed by atoms with Crippen molar-refractivity contribution in [3.8, 4) is 5.88 Å². The van der Waals surface area contributed by atoms with Gasteiger partial charge >= 0.3 is 0 Å². The molecule has 0 atom stereocenters. The van der Waals surface area contributed by atoms with Crippen molar-refractivity contribution in [1.29, 1.82) is 0 Å². The maximum absolute atomic E-state index is 13.3. The van der Waals surface area contributed by atoms with Gasteiger partial charge in [0.15, 0.2) is 0 Å². The van der Waals surface area contributed by atoms with Crippen molar-refractivity contribution in [3.05, 3.63) is 52.7 Å². The van der Waals surface area contributed by atoms with Crippen LogP contribution in [0, 0.1) is 6.92 Å². The summed E-state index contributed by atoms with van der Waals surface area (Å²) < 4.78 is 10.5. The van der Waals surface area contributed by atoms with Gasteiger partial charge in [-0.1, -0.05) is 36.6 Å². The summed E-state index contributed by atoms with van der Waals surface area (Å²) in [4.78, 5) is 17.7. The summed E-state index contributed by atoms with van der Waals surface area (Å²) >= 11 is 6.03. The van der Waals surface area contributed by atoms with Gasteiger partial charge in [-0.15, -0.1) is 0 Å². The lowest BCUT2D eigenvalue weighted by Gasteiger charge is -2.28. The van der Waals surface area contributed by atoms with Crippen LogP contribution in [-0.2, 0) is 14.9 Å². The first-order valence-electron chi connectivity index (χ1n) is 9.22. The third-order valence-corrected chi connectivity index (χ3v) is 5.39. The van der Waals surface area contributed by atoms with Crippen LogP contribution >= 0.6 is 11.6 Å². The number of nitrogens with one attached hydrogen (secondary N) is 1. The van der Waals surface area contributed by atoms with Crippen molar-refractivity contribution in [2.45, 2.75) is 38.0 Å². The topological polar surface area (TPSA) is 60.5 Å². The Bertz CT molecular complexity index is 787. The molecule has 27 heavy (non-hydrogen) atoms. The number of anilines is 1. The van der Waals surface area contributed by atoms with E-state index >= 15 is 0 Å². The van der Waals surface area contributed by atoms with E-state index in [0.717, 1.165) is 36.9 Å². The fourth-order valence-electron chi connectivity index (χ4n) is 3.62. The molecule has 0 aliphatic heterocycles. The number of aryl methyl sites for hydroxylation is 1. The minimum atomic E-state index is -0.509. The first kappa shape index (κ1) is 19.6. The smallest absolute Gasteiger partial charge is 0.235 e. The van der Waals surface area contributed by atoms with E-state index in [9.17, 15) is 4.79 Å². The van der Waals surface area contributed by atoms with Crippen LogP contribution in [0.5, 0.6) is 5.88 Å². The molecule has 0 bridgehead atoms. The quantitative estimate of drug-likeness (QED) is 0.708. The van der Waals surface area contributed by atoms with Crippen molar-refractivity contribution in [2.75, 3.05) is 25.6 Å². The van der Waals surface area contributed by atoms with E-state index in [1.165, 1.54) is 0 Å². The number of pyridine rings is 1. The summed E-state index contributed by atoms with van der Waals surface area (Å²) in [5.41, 5.74) is 1.94. The summed E-state index contributed by atoms with van der Waals surface area (Å²) in [7, 11) is 1.63. The lowest BCUT2D eigenvalue weighted by molar-refractivity contribution is -0.121. The minimum absolute atomic E-state index is 0.0141. The summed E-state index contributed by atoms with van der Waals surface area (Å²) in [6, 6.07) is 11.2. The average molecular weight is 389 g/mol. The molecule has 1 aromatic carbocycles. The van der Waals surface area contributed by atoms with Crippen LogP contribution in [0.3, 0.4) is 0 Å². The monoisotopic (exact) mass is 388 g/mol. The Labute approximate surface area is 165 Å². The number of carbonyl (C=O) groups is 1. The number of amides is 1. The SMILES string of the molecule is COCCOc1ccc(NC(=O)C2(c3ccc(Cl)cc3)CCCC2)c(C)n1. The third kappa shape index (κ3) is 4.42. The molecule has 6 heteroatoms. The van der Waals surface area contributed by atoms with Crippen LogP contribution in [0.25, 0.3) is 0 Å². The molecule has 0 unspecified atom stereocenters. The molecule has 1 heterocycles. The van der Waals surface area contributed by atoms with Gasteiger partial charge < -0.3 is 14.8 Å². The number of nitrogens with zero attached hydrogens (tertiary/aromatic N) is 1. The molecular weight excluding hydrogens is 364 g/mol. The van der Waals surface area contributed by atoms with E-state index < -0.39 is 5.41 Å². The summed E-state index contributed by atoms with van der Waals surface area (Å²) in [6.07, 6.45) is 3.76. The van der Waals surface area contributed by atoms with Crippen LogP contribution in [0.1, 0.15) is 36.9 Å². The lowest BCUT2D eigenvalue weighted by Crippen LogP contribution is -2.38.